The van der Waals surface area contributed by atoms with Crippen molar-refractivity contribution in [2.45, 2.75) is 83.5 Å². The summed E-state index contributed by atoms with van der Waals surface area (Å²) in [5, 5.41) is 0. The standard InChI is InChI=1S/C41H54N2Si2/c1-26-17-20-37-35(21-26)39-32-19-18-29(22-34(32)28(3)41(39)42(37)24-44(4,5)6)23-45(7,8)25-43-36-16-12-11-15-33(36)38-31-14-10-9-13-30(31)27(2)40(38)43/h9-22,27-28,30-32,34,38-41H,23-25H2,1-8H3. The summed E-state index contributed by atoms with van der Waals surface area (Å²) < 4.78 is 0. The average molecular weight is 631 g/mol. The molecule has 236 valence electrons. The average Bonchev–Trinajstić information content (AvgIpc) is 3.66. The Balaban J connectivity index is 1.05. The second-order valence-corrected chi connectivity index (χ2v) is 28.1. The van der Waals surface area contributed by atoms with Crippen molar-refractivity contribution in [3.63, 3.8) is 0 Å². The second-order valence-electron chi connectivity index (χ2n) is 17.7. The van der Waals surface area contributed by atoms with E-state index in [2.05, 4.69) is 148 Å². The first-order valence-corrected chi connectivity index (χ1v) is 25.0. The summed E-state index contributed by atoms with van der Waals surface area (Å²) in [5.74, 6) is 5.20. The Kier molecular flexibility index (Phi) is 6.94. The van der Waals surface area contributed by atoms with Crippen molar-refractivity contribution >= 4 is 27.5 Å². The lowest BCUT2D eigenvalue weighted by Gasteiger charge is -2.38. The molecule has 0 spiro atoms. The molecule has 0 radical (unpaired) electrons. The molecular weight excluding hydrogens is 577 g/mol. The summed E-state index contributed by atoms with van der Waals surface area (Å²) in [4.78, 5) is 5.78. The maximum absolute atomic E-state index is 2.91. The first-order chi connectivity index (χ1) is 21.4. The fourth-order valence-electron chi connectivity index (χ4n) is 11.1. The lowest BCUT2D eigenvalue weighted by molar-refractivity contribution is 0.418. The van der Waals surface area contributed by atoms with E-state index in [1.165, 1.54) is 35.3 Å². The minimum atomic E-state index is -1.60. The Hall–Kier alpha value is -2.57. The number of benzene rings is 2. The van der Waals surface area contributed by atoms with Crippen molar-refractivity contribution in [3.05, 3.63) is 107 Å². The number of anilines is 2. The van der Waals surface area contributed by atoms with Gasteiger partial charge in [-0.15, -0.1) is 0 Å². The van der Waals surface area contributed by atoms with Crippen molar-refractivity contribution in [1.29, 1.82) is 0 Å². The number of para-hydroxylation sites is 1. The van der Waals surface area contributed by atoms with E-state index in [0.717, 1.165) is 0 Å². The van der Waals surface area contributed by atoms with Crippen molar-refractivity contribution < 1.29 is 0 Å². The lowest BCUT2D eigenvalue weighted by Crippen LogP contribution is -2.48. The smallest absolute Gasteiger partial charge is 0.0739 e. The van der Waals surface area contributed by atoms with Crippen LogP contribution in [0.1, 0.15) is 42.4 Å². The molecule has 8 rings (SSSR count). The van der Waals surface area contributed by atoms with Gasteiger partial charge in [0, 0.05) is 47.6 Å². The monoisotopic (exact) mass is 630 g/mol. The molecular formula is C41H54N2Si2. The van der Waals surface area contributed by atoms with Crippen LogP contribution in [-0.2, 0) is 0 Å². The maximum Gasteiger partial charge on any atom is 0.0739 e. The molecule has 6 aliphatic rings. The lowest BCUT2D eigenvalue weighted by atomic mass is 9.80. The zero-order valence-electron chi connectivity index (χ0n) is 28.9. The summed E-state index contributed by atoms with van der Waals surface area (Å²) in [6.45, 7) is 20.4. The highest BCUT2D eigenvalue weighted by atomic mass is 28.3. The number of hydrogen-bond donors (Lipinski definition) is 0. The zero-order chi connectivity index (χ0) is 31.4. The van der Waals surface area contributed by atoms with Crippen molar-refractivity contribution in [3.8, 4) is 0 Å². The van der Waals surface area contributed by atoms with E-state index in [1.807, 2.05) is 0 Å². The summed E-state index contributed by atoms with van der Waals surface area (Å²) in [6, 6.07) is 19.3. The van der Waals surface area contributed by atoms with E-state index in [0.29, 0.717) is 59.4 Å². The Bertz CT molecular complexity index is 1620. The van der Waals surface area contributed by atoms with E-state index >= 15 is 0 Å². The molecule has 0 amide bonds. The third-order valence-corrected chi connectivity index (χ3v) is 16.4. The van der Waals surface area contributed by atoms with Gasteiger partial charge in [-0.25, -0.2) is 0 Å². The Morgan fingerprint density at radius 3 is 2.04 bits per heavy atom. The molecule has 4 heteroatoms. The molecule has 10 atom stereocenters. The summed E-state index contributed by atoms with van der Waals surface area (Å²) in [7, 11) is -2.87. The van der Waals surface area contributed by atoms with Crippen LogP contribution in [0.15, 0.2) is 90.6 Å². The van der Waals surface area contributed by atoms with Gasteiger partial charge in [0.1, 0.15) is 0 Å². The molecule has 0 aromatic heterocycles. The van der Waals surface area contributed by atoms with E-state index in [9.17, 15) is 0 Å². The molecule has 0 N–H and O–H groups in total. The van der Waals surface area contributed by atoms with Gasteiger partial charge in [-0.1, -0.05) is 131 Å². The third-order valence-electron chi connectivity index (χ3n) is 12.6. The fraction of sp³-hybridized carbons (Fsp3) is 0.512. The Morgan fingerprint density at radius 1 is 0.667 bits per heavy atom. The van der Waals surface area contributed by atoms with Crippen LogP contribution in [0.25, 0.3) is 0 Å². The highest BCUT2D eigenvalue weighted by molar-refractivity contribution is 6.78. The molecule has 0 saturated heterocycles. The van der Waals surface area contributed by atoms with Gasteiger partial charge in [0.25, 0.3) is 0 Å². The molecule has 45 heavy (non-hydrogen) atoms. The molecule has 2 aliphatic heterocycles. The van der Waals surface area contributed by atoms with Crippen LogP contribution in [0.5, 0.6) is 0 Å². The Morgan fingerprint density at radius 2 is 1.29 bits per heavy atom. The van der Waals surface area contributed by atoms with E-state index in [-0.39, 0.29) is 0 Å². The molecule has 2 heterocycles. The Labute approximate surface area is 275 Å². The summed E-state index contributed by atoms with van der Waals surface area (Å²) in [6.07, 6.45) is 20.2. The van der Waals surface area contributed by atoms with Crippen LogP contribution < -0.4 is 9.80 Å². The van der Waals surface area contributed by atoms with E-state index < -0.39 is 16.1 Å². The summed E-state index contributed by atoms with van der Waals surface area (Å²) in [5.41, 5.74) is 9.35. The SMILES string of the molecule is Cc1ccc2c(c1)C1C3C=CC(C[Si](C)(C)CN4c5ccccc5C5C6C=CC=CC6C(C)C54)=CC3C(C)C1N2C[Si](C)(C)C. The largest absolute Gasteiger partial charge is 0.370 e. The normalized spacial score (nSPS) is 35.6. The molecule has 0 bridgehead atoms. The second kappa shape index (κ2) is 10.5. The van der Waals surface area contributed by atoms with Gasteiger partial charge in [0.05, 0.1) is 16.1 Å². The van der Waals surface area contributed by atoms with Crippen molar-refractivity contribution in [1.82, 2.24) is 0 Å². The van der Waals surface area contributed by atoms with Crippen molar-refractivity contribution in [2.75, 3.05) is 22.1 Å². The van der Waals surface area contributed by atoms with Gasteiger partial charge >= 0.3 is 0 Å². The zero-order valence-corrected chi connectivity index (χ0v) is 30.9. The molecule has 2 aromatic rings. The molecule has 2 aromatic carbocycles. The molecule has 4 aliphatic carbocycles. The highest BCUT2D eigenvalue weighted by Crippen LogP contribution is 2.60. The minimum absolute atomic E-state index is 0.618. The number of rotatable bonds is 6. The summed E-state index contributed by atoms with van der Waals surface area (Å²) >= 11 is 0. The first kappa shape index (κ1) is 29.8. The molecule has 2 nitrogen and oxygen atoms in total. The highest BCUT2D eigenvalue weighted by Gasteiger charge is 2.56. The van der Waals surface area contributed by atoms with Gasteiger partial charge in [-0.2, -0.15) is 0 Å². The van der Waals surface area contributed by atoms with Crippen LogP contribution in [0.4, 0.5) is 11.4 Å². The van der Waals surface area contributed by atoms with Crippen LogP contribution in [0, 0.1) is 42.4 Å². The number of nitrogens with zero attached hydrogens (tertiary/aromatic N) is 2. The van der Waals surface area contributed by atoms with Gasteiger partial charge in [-0.3, -0.25) is 0 Å². The van der Waals surface area contributed by atoms with Gasteiger partial charge < -0.3 is 9.80 Å². The van der Waals surface area contributed by atoms with Gasteiger partial charge in [-0.05, 0) is 71.7 Å². The number of allylic oxidation sites excluding steroid dienone is 8. The quantitative estimate of drug-likeness (QED) is 0.293. The van der Waals surface area contributed by atoms with Crippen molar-refractivity contribution in [2.24, 2.45) is 35.5 Å². The number of fused-ring (bicyclic) bond motifs is 10. The predicted octanol–water partition coefficient (Wildman–Crippen LogP) is 9.75. The number of aryl methyl sites for hydroxylation is 1. The van der Waals surface area contributed by atoms with Gasteiger partial charge in [0.2, 0.25) is 0 Å². The maximum atomic E-state index is 2.91. The topological polar surface area (TPSA) is 6.48 Å². The first-order valence-electron chi connectivity index (χ1n) is 17.9. The van der Waals surface area contributed by atoms with E-state index in [1.54, 1.807) is 16.7 Å². The third kappa shape index (κ3) is 4.75. The van der Waals surface area contributed by atoms with Crippen LogP contribution >= 0.6 is 0 Å². The fourth-order valence-corrected chi connectivity index (χ4v) is 15.3. The molecule has 2 saturated carbocycles. The molecule has 2 fully saturated rings. The predicted molar refractivity (Wildman–Crippen MR) is 199 cm³/mol. The van der Waals surface area contributed by atoms with Gasteiger partial charge in [0.15, 0.2) is 0 Å². The van der Waals surface area contributed by atoms with Crippen LogP contribution in [0.2, 0.25) is 38.8 Å². The van der Waals surface area contributed by atoms with E-state index in [4.69, 9.17) is 0 Å². The molecule has 10 unspecified atom stereocenters. The number of hydrogen-bond acceptors (Lipinski definition) is 2. The minimum Gasteiger partial charge on any atom is -0.370 e. The van der Waals surface area contributed by atoms with Crippen LogP contribution in [-0.4, -0.2) is 40.6 Å². The van der Waals surface area contributed by atoms with Crippen LogP contribution in [0.3, 0.4) is 0 Å².